The number of nitrogens with one attached hydrogen (secondary N) is 1. The van der Waals surface area contributed by atoms with Gasteiger partial charge in [0.2, 0.25) is 0 Å². The first-order valence-electron chi connectivity index (χ1n) is 6.71. The van der Waals surface area contributed by atoms with Crippen molar-refractivity contribution in [3.8, 4) is 12.1 Å². The number of nitrogens with zero attached hydrogens (tertiary/aromatic N) is 3. The average molecular weight is 322 g/mol. The molecule has 0 spiro atoms. The largest absolute Gasteiger partial charge is 0.349 e. The molecule has 0 aromatic carbocycles. The summed E-state index contributed by atoms with van der Waals surface area (Å²) < 4.78 is 31.8. The van der Waals surface area contributed by atoms with Crippen molar-refractivity contribution in [2.75, 3.05) is 12.0 Å². The molecular weight excluding hydrogens is 310 g/mol. The Labute approximate surface area is 129 Å². The van der Waals surface area contributed by atoms with Gasteiger partial charge < -0.3 is 14.6 Å². The summed E-state index contributed by atoms with van der Waals surface area (Å²) in [5, 5.41) is 20.1. The van der Waals surface area contributed by atoms with Crippen LogP contribution in [-0.4, -0.2) is 29.4 Å². The molecule has 9 heteroatoms. The van der Waals surface area contributed by atoms with Crippen LogP contribution in [0, 0.1) is 34.4 Å². The van der Waals surface area contributed by atoms with Gasteiger partial charge in [0, 0.05) is 18.7 Å². The van der Waals surface area contributed by atoms with Crippen molar-refractivity contribution in [2.45, 2.75) is 25.2 Å². The number of carbonyl (C=O) groups is 1. The lowest BCUT2D eigenvalue weighted by Gasteiger charge is -2.12. The number of aromatic nitrogens is 1. The van der Waals surface area contributed by atoms with Crippen LogP contribution in [0.15, 0.2) is 17.1 Å². The summed E-state index contributed by atoms with van der Waals surface area (Å²) in [5.74, 6) is -2.53. The molecule has 7 nitrogen and oxygen atoms in total. The number of carbonyl (C=O) groups excluding carboxylic acids is 1. The Bertz CT molecular complexity index is 728. The smallest absolute Gasteiger partial charge is 0.286 e. The Morgan fingerprint density at radius 1 is 1.48 bits per heavy atom. The molecule has 3 unspecified atom stereocenters. The van der Waals surface area contributed by atoms with E-state index in [-0.39, 0.29) is 18.7 Å². The Balaban J connectivity index is 2.14. The highest BCUT2D eigenvalue weighted by molar-refractivity contribution is 5.94. The molecule has 1 aromatic rings. The number of anilines is 1. The van der Waals surface area contributed by atoms with Crippen molar-refractivity contribution in [1.29, 1.82) is 10.5 Å². The Morgan fingerprint density at radius 3 is 2.78 bits per heavy atom. The molecule has 0 saturated carbocycles. The van der Waals surface area contributed by atoms with E-state index in [1.165, 1.54) is 0 Å². The van der Waals surface area contributed by atoms with Gasteiger partial charge in [0.1, 0.15) is 12.8 Å². The number of nitriles is 2. The van der Waals surface area contributed by atoms with Crippen LogP contribution >= 0.6 is 0 Å². The molecule has 1 saturated heterocycles. The lowest BCUT2D eigenvalue weighted by molar-refractivity contribution is -0.125. The van der Waals surface area contributed by atoms with Crippen LogP contribution in [0.3, 0.4) is 0 Å². The van der Waals surface area contributed by atoms with Crippen molar-refractivity contribution in [2.24, 2.45) is 5.92 Å². The molecule has 1 fully saturated rings. The summed E-state index contributed by atoms with van der Waals surface area (Å²) in [6.07, 6.45) is -0.893. The van der Waals surface area contributed by atoms with E-state index in [4.69, 9.17) is 15.3 Å². The molecule has 1 aromatic heterocycles. The van der Waals surface area contributed by atoms with E-state index in [2.05, 4.69) is 5.32 Å². The van der Waals surface area contributed by atoms with Crippen LogP contribution in [0.25, 0.3) is 0 Å². The maximum absolute atomic E-state index is 13.5. The Kier molecular flexibility index (Phi) is 5.04. The molecule has 23 heavy (non-hydrogen) atoms. The van der Waals surface area contributed by atoms with Crippen molar-refractivity contribution in [3.05, 3.63) is 28.4 Å². The first-order chi connectivity index (χ1) is 11.0. The minimum atomic E-state index is -1.13. The van der Waals surface area contributed by atoms with Crippen LogP contribution in [0.1, 0.15) is 6.42 Å². The van der Waals surface area contributed by atoms with Gasteiger partial charge in [-0.3, -0.25) is 9.59 Å². The summed E-state index contributed by atoms with van der Waals surface area (Å²) in [5.41, 5.74) is -1.04. The topological polar surface area (TPSA) is 108 Å². The molecule has 0 aliphatic carbocycles. The summed E-state index contributed by atoms with van der Waals surface area (Å²) >= 11 is 0. The van der Waals surface area contributed by atoms with Crippen molar-refractivity contribution < 1.29 is 18.3 Å². The molecule has 0 bridgehead atoms. The maximum Gasteiger partial charge on any atom is 0.286 e. The molecular formula is C14H12F2N4O3. The number of rotatable bonds is 4. The van der Waals surface area contributed by atoms with Gasteiger partial charge in [0.25, 0.3) is 11.5 Å². The summed E-state index contributed by atoms with van der Waals surface area (Å²) in [6.45, 7) is -1.21. The number of pyridine rings is 1. The standard InChI is InChI=1S/C14H12F2N4O3/c15-1-2-20-7-9(4-10(16)14(20)22)19-13(21)11-3-8(5-17)12(6-18)23-11/h4,7-8,11-12H,1-3H2,(H,19,21). The third-order valence-corrected chi connectivity index (χ3v) is 3.37. The molecule has 1 aliphatic heterocycles. The third kappa shape index (κ3) is 3.52. The summed E-state index contributed by atoms with van der Waals surface area (Å²) in [4.78, 5) is 23.5. The third-order valence-electron chi connectivity index (χ3n) is 3.37. The van der Waals surface area contributed by atoms with Gasteiger partial charge >= 0.3 is 0 Å². The predicted octanol–water partition coefficient (Wildman–Crippen LogP) is 0.716. The van der Waals surface area contributed by atoms with E-state index >= 15 is 0 Å². The zero-order valence-electron chi connectivity index (χ0n) is 11.8. The minimum Gasteiger partial charge on any atom is -0.349 e. The Morgan fingerprint density at radius 2 is 2.22 bits per heavy atom. The van der Waals surface area contributed by atoms with Crippen LogP contribution in [0.4, 0.5) is 14.5 Å². The average Bonchev–Trinajstić information content (AvgIpc) is 2.95. The molecule has 3 atom stereocenters. The Hall–Kier alpha value is -2.78. The van der Waals surface area contributed by atoms with Crippen LogP contribution < -0.4 is 10.9 Å². The second-order valence-corrected chi connectivity index (χ2v) is 4.90. The number of halogens is 2. The molecule has 1 aliphatic rings. The number of ether oxygens (including phenoxy) is 1. The highest BCUT2D eigenvalue weighted by Crippen LogP contribution is 2.26. The van der Waals surface area contributed by atoms with Gasteiger partial charge in [-0.25, -0.2) is 8.78 Å². The van der Waals surface area contributed by atoms with Gasteiger partial charge in [-0.05, 0) is 0 Å². The SMILES string of the molecule is N#CC1CC(C(=O)Nc2cc(F)c(=O)n(CCF)c2)OC1C#N. The predicted molar refractivity (Wildman–Crippen MR) is 73.3 cm³/mol. The van der Waals surface area contributed by atoms with E-state index in [9.17, 15) is 18.4 Å². The summed E-state index contributed by atoms with van der Waals surface area (Å²) in [7, 11) is 0. The molecule has 2 heterocycles. The van der Waals surface area contributed by atoms with Gasteiger partial charge in [-0.15, -0.1) is 0 Å². The normalized spacial score (nSPS) is 23.0. The van der Waals surface area contributed by atoms with Crippen LogP contribution in [0.5, 0.6) is 0 Å². The molecule has 1 amide bonds. The fraction of sp³-hybridized carbons (Fsp3) is 0.429. The molecule has 0 radical (unpaired) electrons. The molecule has 1 N–H and O–H groups in total. The lowest BCUT2D eigenvalue weighted by Crippen LogP contribution is -2.30. The van der Waals surface area contributed by atoms with E-state index < -0.39 is 42.1 Å². The van der Waals surface area contributed by atoms with Crippen molar-refractivity contribution in [3.63, 3.8) is 0 Å². The minimum absolute atomic E-state index is 0.0349. The number of hydrogen-bond donors (Lipinski definition) is 1. The van der Waals surface area contributed by atoms with Gasteiger partial charge in [-0.1, -0.05) is 0 Å². The number of alkyl halides is 1. The number of hydrogen-bond acceptors (Lipinski definition) is 5. The van der Waals surface area contributed by atoms with E-state index in [0.717, 1.165) is 16.8 Å². The van der Waals surface area contributed by atoms with E-state index in [1.54, 1.807) is 6.07 Å². The van der Waals surface area contributed by atoms with Gasteiger partial charge in [0.15, 0.2) is 11.9 Å². The first kappa shape index (κ1) is 16.6. The number of aryl methyl sites for hydroxylation is 1. The van der Waals surface area contributed by atoms with Gasteiger partial charge in [0.05, 0.1) is 30.3 Å². The molecule has 120 valence electrons. The van der Waals surface area contributed by atoms with Crippen LogP contribution in [0.2, 0.25) is 0 Å². The second-order valence-electron chi connectivity index (χ2n) is 4.90. The van der Waals surface area contributed by atoms with E-state index in [0.29, 0.717) is 0 Å². The molecule has 2 rings (SSSR count). The van der Waals surface area contributed by atoms with Crippen LogP contribution in [-0.2, 0) is 16.1 Å². The quantitative estimate of drug-likeness (QED) is 0.878. The first-order valence-corrected chi connectivity index (χ1v) is 6.71. The van der Waals surface area contributed by atoms with Crippen molar-refractivity contribution in [1.82, 2.24) is 4.57 Å². The lowest BCUT2D eigenvalue weighted by atomic mass is 10.0. The fourth-order valence-electron chi connectivity index (χ4n) is 2.24. The highest BCUT2D eigenvalue weighted by Gasteiger charge is 2.39. The second kappa shape index (κ2) is 6.99. The van der Waals surface area contributed by atoms with Crippen molar-refractivity contribution >= 4 is 11.6 Å². The zero-order valence-corrected chi connectivity index (χ0v) is 11.8. The highest BCUT2D eigenvalue weighted by atomic mass is 19.1. The van der Waals surface area contributed by atoms with Gasteiger partial charge in [-0.2, -0.15) is 10.5 Å². The zero-order chi connectivity index (χ0) is 17.0. The van der Waals surface area contributed by atoms with E-state index in [1.807, 2.05) is 6.07 Å². The maximum atomic E-state index is 13.5. The summed E-state index contributed by atoms with van der Waals surface area (Å²) in [6, 6.07) is 4.48. The number of amides is 1. The fourth-order valence-corrected chi connectivity index (χ4v) is 2.24. The monoisotopic (exact) mass is 322 g/mol.